The van der Waals surface area contributed by atoms with Gasteiger partial charge in [0.2, 0.25) is 0 Å². The van der Waals surface area contributed by atoms with Gasteiger partial charge in [-0.1, -0.05) is 30.6 Å². The van der Waals surface area contributed by atoms with Gasteiger partial charge in [0.1, 0.15) is 5.75 Å². The van der Waals surface area contributed by atoms with E-state index in [9.17, 15) is 0 Å². The van der Waals surface area contributed by atoms with Gasteiger partial charge in [0.25, 0.3) is 0 Å². The van der Waals surface area contributed by atoms with Crippen LogP contribution in [0.2, 0.25) is 0 Å². The van der Waals surface area contributed by atoms with E-state index in [4.69, 9.17) is 10.6 Å². The van der Waals surface area contributed by atoms with Crippen LogP contribution < -0.4 is 16.0 Å². The number of benzene rings is 1. The molecule has 1 aromatic carbocycles. The fourth-order valence-electron chi connectivity index (χ4n) is 2.76. The molecule has 1 atom stereocenters. The highest BCUT2D eigenvalue weighted by molar-refractivity contribution is 9.10. The van der Waals surface area contributed by atoms with Gasteiger partial charge in [0.05, 0.1) is 17.6 Å². The summed E-state index contributed by atoms with van der Waals surface area (Å²) in [6, 6.07) is 6.24. The SMILES string of the molecule is COc1ccc(C(NN)/C2=C/CCCCCC2)cc1Br. The molecule has 0 saturated heterocycles. The molecule has 0 saturated carbocycles. The van der Waals surface area contributed by atoms with Gasteiger partial charge < -0.3 is 4.74 Å². The Hall–Kier alpha value is -0.840. The average molecular weight is 339 g/mol. The van der Waals surface area contributed by atoms with Crippen LogP contribution in [0.25, 0.3) is 0 Å². The van der Waals surface area contributed by atoms with Crippen molar-refractivity contribution in [1.82, 2.24) is 5.43 Å². The Labute approximate surface area is 129 Å². The number of hydrazine groups is 1. The molecule has 0 spiro atoms. The van der Waals surface area contributed by atoms with Crippen LogP contribution >= 0.6 is 15.9 Å². The first-order valence-corrected chi connectivity index (χ1v) is 8.04. The molecule has 0 aliphatic heterocycles. The van der Waals surface area contributed by atoms with E-state index in [0.29, 0.717) is 0 Å². The molecule has 0 heterocycles. The normalized spacial score (nSPS) is 20.4. The summed E-state index contributed by atoms with van der Waals surface area (Å²) in [5.41, 5.74) is 5.55. The molecule has 2 rings (SSSR count). The summed E-state index contributed by atoms with van der Waals surface area (Å²) in [7, 11) is 1.68. The Balaban J connectivity index is 2.24. The Morgan fingerprint density at radius 1 is 1.25 bits per heavy atom. The van der Waals surface area contributed by atoms with Crippen LogP contribution in [0.15, 0.2) is 34.3 Å². The van der Waals surface area contributed by atoms with Gasteiger partial charge in [-0.25, -0.2) is 5.43 Å². The Morgan fingerprint density at radius 3 is 2.75 bits per heavy atom. The van der Waals surface area contributed by atoms with Crippen LogP contribution in [-0.4, -0.2) is 7.11 Å². The minimum Gasteiger partial charge on any atom is -0.496 e. The Bertz CT molecular complexity index is 474. The molecule has 110 valence electrons. The predicted octanol–water partition coefficient (Wildman–Crippen LogP) is 4.24. The second-order valence-electron chi connectivity index (χ2n) is 5.23. The predicted molar refractivity (Wildman–Crippen MR) is 86.5 cm³/mol. The summed E-state index contributed by atoms with van der Waals surface area (Å²) in [4.78, 5) is 0. The average Bonchev–Trinajstić information content (AvgIpc) is 2.42. The maximum atomic E-state index is 5.81. The van der Waals surface area contributed by atoms with Crippen LogP contribution in [0, 0.1) is 0 Å². The fourth-order valence-corrected chi connectivity index (χ4v) is 3.32. The molecule has 20 heavy (non-hydrogen) atoms. The lowest BCUT2D eigenvalue weighted by atomic mass is 9.91. The molecule has 3 N–H and O–H groups in total. The summed E-state index contributed by atoms with van der Waals surface area (Å²) in [6.45, 7) is 0. The highest BCUT2D eigenvalue weighted by atomic mass is 79.9. The first-order valence-electron chi connectivity index (χ1n) is 7.24. The molecule has 0 fully saturated rings. The van der Waals surface area contributed by atoms with E-state index in [-0.39, 0.29) is 6.04 Å². The van der Waals surface area contributed by atoms with Crippen molar-refractivity contribution in [2.45, 2.75) is 44.6 Å². The molecule has 1 aliphatic carbocycles. The molecule has 1 aromatic rings. The Kier molecular flexibility index (Phi) is 6.07. The zero-order chi connectivity index (χ0) is 14.4. The molecule has 0 radical (unpaired) electrons. The van der Waals surface area contributed by atoms with Crippen molar-refractivity contribution >= 4 is 15.9 Å². The first-order chi connectivity index (χ1) is 9.76. The van der Waals surface area contributed by atoms with Gasteiger partial charge in [0, 0.05) is 0 Å². The molecule has 1 unspecified atom stereocenters. The number of halogens is 1. The molecule has 0 bridgehead atoms. The van der Waals surface area contributed by atoms with Crippen LogP contribution in [0.3, 0.4) is 0 Å². The summed E-state index contributed by atoms with van der Waals surface area (Å²) in [6.07, 6.45) is 9.85. The van der Waals surface area contributed by atoms with Gasteiger partial charge in [-0.15, -0.1) is 0 Å². The number of allylic oxidation sites excluding steroid dienone is 1. The fraction of sp³-hybridized carbons (Fsp3) is 0.500. The summed E-state index contributed by atoms with van der Waals surface area (Å²) >= 11 is 3.54. The van der Waals surface area contributed by atoms with Crippen LogP contribution in [0.4, 0.5) is 0 Å². The summed E-state index contributed by atoms with van der Waals surface area (Å²) in [5.74, 6) is 6.65. The zero-order valence-corrected chi connectivity index (χ0v) is 13.6. The second kappa shape index (κ2) is 7.81. The molecule has 0 amide bonds. The van der Waals surface area contributed by atoms with Gasteiger partial charge in [0.15, 0.2) is 0 Å². The number of nitrogens with one attached hydrogen (secondary N) is 1. The number of hydrogen-bond acceptors (Lipinski definition) is 3. The molecular weight excluding hydrogens is 316 g/mol. The summed E-state index contributed by atoms with van der Waals surface area (Å²) < 4.78 is 6.24. The lowest BCUT2D eigenvalue weighted by Gasteiger charge is -2.22. The van der Waals surface area contributed by atoms with E-state index < -0.39 is 0 Å². The Morgan fingerprint density at radius 2 is 2.05 bits per heavy atom. The van der Waals surface area contributed by atoms with Gasteiger partial charge >= 0.3 is 0 Å². The topological polar surface area (TPSA) is 47.3 Å². The zero-order valence-electron chi connectivity index (χ0n) is 12.0. The van der Waals surface area contributed by atoms with Crippen molar-refractivity contribution in [3.8, 4) is 5.75 Å². The maximum absolute atomic E-state index is 5.81. The van der Waals surface area contributed by atoms with E-state index in [2.05, 4.69) is 39.6 Å². The number of nitrogens with two attached hydrogens (primary N) is 1. The number of rotatable bonds is 4. The number of ether oxygens (including phenoxy) is 1. The van der Waals surface area contributed by atoms with E-state index in [1.54, 1.807) is 7.11 Å². The molecule has 0 aromatic heterocycles. The van der Waals surface area contributed by atoms with Gasteiger partial charge in [-0.3, -0.25) is 5.84 Å². The molecule has 1 aliphatic rings. The molecule has 4 heteroatoms. The summed E-state index contributed by atoms with van der Waals surface area (Å²) in [5, 5.41) is 0. The van der Waals surface area contributed by atoms with E-state index in [0.717, 1.165) is 23.1 Å². The van der Waals surface area contributed by atoms with Crippen molar-refractivity contribution in [2.24, 2.45) is 5.84 Å². The van der Waals surface area contributed by atoms with Crippen molar-refractivity contribution in [3.05, 3.63) is 39.9 Å². The minimum absolute atomic E-state index is 0.0929. The van der Waals surface area contributed by atoms with E-state index >= 15 is 0 Å². The maximum Gasteiger partial charge on any atom is 0.133 e. The lowest BCUT2D eigenvalue weighted by molar-refractivity contribution is 0.411. The quantitative estimate of drug-likeness (QED) is 0.490. The third-order valence-electron chi connectivity index (χ3n) is 3.87. The third-order valence-corrected chi connectivity index (χ3v) is 4.49. The van der Waals surface area contributed by atoms with Crippen molar-refractivity contribution < 1.29 is 4.74 Å². The largest absolute Gasteiger partial charge is 0.496 e. The van der Waals surface area contributed by atoms with E-state index in [1.807, 2.05) is 6.07 Å². The first kappa shape index (κ1) is 15.5. The standard InChI is InChI=1S/C16H23BrN2O/c1-20-15-10-9-13(11-14(15)17)16(19-18)12-7-5-3-2-4-6-8-12/h7,9-11,16,19H,2-6,8,18H2,1H3/b12-7+. The van der Waals surface area contributed by atoms with Crippen molar-refractivity contribution in [3.63, 3.8) is 0 Å². The highest BCUT2D eigenvalue weighted by Crippen LogP contribution is 2.33. The monoisotopic (exact) mass is 338 g/mol. The van der Waals surface area contributed by atoms with Crippen molar-refractivity contribution in [2.75, 3.05) is 7.11 Å². The van der Waals surface area contributed by atoms with Crippen LogP contribution in [0.5, 0.6) is 5.75 Å². The minimum atomic E-state index is 0.0929. The lowest BCUT2D eigenvalue weighted by Crippen LogP contribution is -2.29. The molecular formula is C16H23BrN2O. The van der Waals surface area contributed by atoms with Crippen molar-refractivity contribution in [1.29, 1.82) is 0 Å². The number of hydrogen-bond donors (Lipinski definition) is 2. The third kappa shape index (κ3) is 3.84. The van der Waals surface area contributed by atoms with Gasteiger partial charge in [-0.2, -0.15) is 0 Å². The molecule has 3 nitrogen and oxygen atoms in total. The highest BCUT2D eigenvalue weighted by Gasteiger charge is 2.17. The number of methoxy groups -OCH3 is 1. The second-order valence-corrected chi connectivity index (χ2v) is 6.08. The smallest absolute Gasteiger partial charge is 0.133 e. The van der Waals surface area contributed by atoms with E-state index in [1.165, 1.54) is 36.8 Å². The van der Waals surface area contributed by atoms with Gasteiger partial charge in [-0.05, 0) is 59.3 Å². The van der Waals surface area contributed by atoms with Crippen LogP contribution in [0.1, 0.15) is 50.1 Å². The van der Waals surface area contributed by atoms with Crippen LogP contribution in [-0.2, 0) is 0 Å².